The Hall–Kier alpha value is -5.84. The molecule has 1 spiro atoms. The average molecular weight is 1110 g/mol. The van der Waals surface area contributed by atoms with Gasteiger partial charge >= 0.3 is 0 Å². The van der Waals surface area contributed by atoms with Crippen LogP contribution in [-0.4, -0.2) is 133 Å². The lowest BCUT2D eigenvalue weighted by Crippen LogP contribution is -2.61. The number of hydrogen-bond donors (Lipinski definition) is 4. The highest BCUT2D eigenvalue weighted by Crippen LogP contribution is 2.54. The zero-order chi connectivity index (χ0) is 54.9. The molecule has 0 bridgehead atoms. The van der Waals surface area contributed by atoms with Crippen molar-refractivity contribution < 1.29 is 41.1 Å². The number of aromatic nitrogens is 2. The van der Waals surface area contributed by atoms with Crippen LogP contribution < -0.4 is 24.6 Å². The molecule has 5 aromatic rings. The van der Waals surface area contributed by atoms with Crippen LogP contribution in [0.25, 0.3) is 11.0 Å². The summed E-state index contributed by atoms with van der Waals surface area (Å²) in [6, 6.07) is 21.4. The van der Waals surface area contributed by atoms with Crippen LogP contribution in [0.5, 0.6) is 5.88 Å². The van der Waals surface area contributed by atoms with E-state index in [0.717, 1.165) is 68.8 Å². The topological polar surface area (TPSA) is 233 Å². The number of anilines is 4. The van der Waals surface area contributed by atoms with Crippen LogP contribution in [0, 0.1) is 21.4 Å². The number of fused-ring (bicyclic) bond motifs is 3. The van der Waals surface area contributed by atoms with Gasteiger partial charge in [0.2, 0.25) is 15.9 Å². The molecule has 78 heavy (non-hydrogen) atoms. The van der Waals surface area contributed by atoms with Crippen LogP contribution in [0.2, 0.25) is 0 Å². The second-order valence-corrected chi connectivity index (χ2v) is 27.8. The van der Waals surface area contributed by atoms with E-state index in [9.17, 15) is 36.9 Å². The van der Waals surface area contributed by atoms with Gasteiger partial charge in [-0.05, 0) is 149 Å². The number of nitro groups is 1. The molecule has 4 aliphatic heterocycles. The van der Waals surface area contributed by atoms with E-state index in [-0.39, 0.29) is 47.2 Å². The Bertz CT molecular complexity index is 3310. The molecule has 0 unspecified atom stereocenters. The molecule has 5 fully saturated rings. The second-order valence-electron chi connectivity index (χ2n) is 23.6. The molecular formula is C57H73N9O10S2. The molecule has 2 aromatic heterocycles. The lowest BCUT2D eigenvalue weighted by Gasteiger charge is -2.58. The second kappa shape index (κ2) is 21.0. The predicted octanol–water partition coefficient (Wildman–Crippen LogP) is 8.60. The van der Waals surface area contributed by atoms with Crippen LogP contribution in [0.1, 0.15) is 126 Å². The van der Waals surface area contributed by atoms with E-state index in [2.05, 4.69) is 67.8 Å². The number of piperazine rings is 1. The number of benzene rings is 3. The number of rotatable bonds is 14. The maximum absolute atomic E-state index is 14.8. The molecular weight excluding hydrogens is 1030 g/mol. The average Bonchev–Trinajstić information content (AvgIpc) is 3.91. The number of nitro benzene ring substituents is 1. The lowest BCUT2D eigenvalue weighted by atomic mass is 9.59. The number of piperidine rings is 1. The van der Waals surface area contributed by atoms with Gasteiger partial charge in [0, 0.05) is 81.3 Å². The number of aliphatic hydroxyl groups is 1. The zero-order valence-corrected chi connectivity index (χ0v) is 46.8. The van der Waals surface area contributed by atoms with Gasteiger partial charge in [-0.15, -0.1) is 0 Å². The molecule has 2 saturated carbocycles. The number of hydrogen-bond acceptors (Lipinski definition) is 15. The van der Waals surface area contributed by atoms with Gasteiger partial charge in [0.15, 0.2) is 0 Å². The van der Waals surface area contributed by atoms with E-state index in [4.69, 9.17) is 14.5 Å². The number of aromatic amines is 1. The number of pyridine rings is 1. The molecule has 1 amide bonds. The maximum atomic E-state index is 14.8. The van der Waals surface area contributed by atoms with Crippen molar-refractivity contribution in [2.24, 2.45) is 11.3 Å². The predicted molar refractivity (Wildman–Crippen MR) is 300 cm³/mol. The molecule has 0 radical (unpaired) electrons. The molecule has 19 nitrogen and oxygen atoms in total. The van der Waals surface area contributed by atoms with Crippen LogP contribution in [-0.2, 0) is 24.8 Å². The molecule has 4 N–H and O–H groups in total. The first-order chi connectivity index (χ1) is 37.2. The molecule has 21 heteroatoms. The lowest BCUT2D eigenvalue weighted by molar-refractivity contribution is -0.384. The molecule has 3 saturated heterocycles. The summed E-state index contributed by atoms with van der Waals surface area (Å²) >= 11 is 0. The third-order valence-electron chi connectivity index (χ3n) is 17.9. The zero-order valence-electron chi connectivity index (χ0n) is 45.2. The normalized spacial score (nSPS) is 25.1. The van der Waals surface area contributed by atoms with E-state index in [1.807, 2.05) is 31.2 Å². The van der Waals surface area contributed by atoms with Gasteiger partial charge in [-0.2, -0.15) is 9.29 Å². The smallest absolute Gasteiger partial charge is 0.293 e. The van der Waals surface area contributed by atoms with E-state index < -0.39 is 58.4 Å². The Morgan fingerprint density at radius 1 is 0.923 bits per heavy atom. The standard InChI is InChI=1S/C57H73N9O10S2/c1-36(2)43-8-6-7-9-44(43)51-34-63(78(73,74)37(3)4)25-26-64(51)41-31-57(32-41)20-23-62(24-21-57)40-10-12-45(48(29-40)65-47-17-27-75-35-52(47)76-55-50(65)28-39-16-22-58-53(39)60-55)54(67)61-77(71,72)42-11-13-46(49(30-42)66(69)70)59-33-38-14-18-56(5,68)19-15-38/h6-13,16,22,28-30,36-38,41,47,51-52,59,68H,14-15,17-21,23-27,31-35H2,1-5H3,(H,58,60)(H,61,67)/t38?,47-,51-,52-,56?/m0/s1. The first-order valence-corrected chi connectivity index (χ1v) is 30.7. The SMILES string of the molecule is CC(C)c1ccccc1[C@@H]1CN(S(=O)(=O)C(C)C)CCN1C1CC2(CCN(c3ccc(C(=O)NS(=O)(=O)c4ccc(NCC5CCC(C)(O)CC5)c([N+](=O)[O-])c4)c(N4c5cc6cc[nH]c6nc5O[C@H]5COCC[C@@H]54)c3)CC2)C1. The van der Waals surface area contributed by atoms with Gasteiger partial charge in [-0.1, -0.05) is 38.1 Å². The third kappa shape index (κ3) is 10.5. The summed E-state index contributed by atoms with van der Waals surface area (Å²) in [5, 5.41) is 26.3. The molecule has 3 atom stereocenters. The van der Waals surface area contributed by atoms with Gasteiger partial charge < -0.3 is 34.7 Å². The number of ether oxygens (including phenoxy) is 2. The summed E-state index contributed by atoms with van der Waals surface area (Å²) in [5.41, 5.74) is 4.22. The molecule has 11 rings (SSSR count). The first-order valence-electron chi connectivity index (χ1n) is 27.8. The fourth-order valence-electron chi connectivity index (χ4n) is 13.2. The Kier molecular flexibility index (Phi) is 14.6. The highest BCUT2D eigenvalue weighted by Gasteiger charge is 2.51. The minimum Gasteiger partial charge on any atom is -0.468 e. The van der Waals surface area contributed by atoms with Crippen LogP contribution in [0.4, 0.5) is 28.4 Å². The summed E-state index contributed by atoms with van der Waals surface area (Å²) < 4.78 is 72.0. The van der Waals surface area contributed by atoms with Crippen molar-refractivity contribution in [2.75, 3.05) is 67.6 Å². The molecule has 6 heterocycles. The number of carbonyl (C=O) groups excluding carboxylic acids is 1. The molecule has 6 aliphatic rings. The molecule has 2 aliphatic carbocycles. The quantitative estimate of drug-likeness (QED) is 0.0602. The highest BCUT2D eigenvalue weighted by molar-refractivity contribution is 7.90. The Morgan fingerprint density at radius 3 is 2.41 bits per heavy atom. The minimum atomic E-state index is -4.66. The van der Waals surface area contributed by atoms with Crippen molar-refractivity contribution in [3.05, 3.63) is 106 Å². The van der Waals surface area contributed by atoms with Crippen molar-refractivity contribution in [2.45, 2.75) is 138 Å². The van der Waals surface area contributed by atoms with Crippen molar-refractivity contribution in [1.29, 1.82) is 0 Å². The summed E-state index contributed by atoms with van der Waals surface area (Å²) in [7, 11) is -8.10. The number of amides is 1. The number of nitrogens with zero attached hydrogens (tertiary/aromatic N) is 6. The van der Waals surface area contributed by atoms with E-state index in [1.165, 1.54) is 23.3 Å². The van der Waals surface area contributed by atoms with Crippen LogP contribution >= 0.6 is 0 Å². The Labute approximate surface area is 457 Å². The van der Waals surface area contributed by atoms with Crippen molar-refractivity contribution in [3.8, 4) is 5.88 Å². The van der Waals surface area contributed by atoms with Gasteiger partial charge in [0.25, 0.3) is 21.6 Å². The Morgan fingerprint density at radius 2 is 1.68 bits per heavy atom. The van der Waals surface area contributed by atoms with Crippen LogP contribution in [0.3, 0.4) is 0 Å². The van der Waals surface area contributed by atoms with Crippen LogP contribution in [0.15, 0.2) is 83.9 Å². The summed E-state index contributed by atoms with van der Waals surface area (Å²) in [6.45, 7) is 13.9. The summed E-state index contributed by atoms with van der Waals surface area (Å²) in [4.78, 5) is 41.1. The van der Waals surface area contributed by atoms with Gasteiger partial charge in [0.1, 0.15) is 23.1 Å². The number of nitrogens with one attached hydrogen (secondary N) is 3. The molecule has 3 aromatic carbocycles. The minimum absolute atomic E-state index is 0.0550. The highest BCUT2D eigenvalue weighted by atomic mass is 32.2. The number of sulfonamides is 2. The van der Waals surface area contributed by atoms with Crippen molar-refractivity contribution >= 4 is 65.4 Å². The number of carbonyl (C=O) groups is 1. The largest absolute Gasteiger partial charge is 0.468 e. The number of H-pyrrole nitrogens is 1. The fraction of sp³-hybridized carbons (Fsp3) is 0.544. The van der Waals surface area contributed by atoms with Crippen molar-refractivity contribution in [1.82, 2.24) is 23.9 Å². The monoisotopic (exact) mass is 1110 g/mol. The van der Waals surface area contributed by atoms with E-state index in [1.54, 1.807) is 30.4 Å². The maximum Gasteiger partial charge on any atom is 0.293 e. The van der Waals surface area contributed by atoms with Crippen molar-refractivity contribution in [3.63, 3.8) is 0 Å². The van der Waals surface area contributed by atoms with Gasteiger partial charge in [-0.3, -0.25) is 19.8 Å². The van der Waals surface area contributed by atoms with E-state index >= 15 is 0 Å². The summed E-state index contributed by atoms with van der Waals surface area (Å²) in [6.07, 6.45) is 8.53. The first kappa shape index (κ1) is 54.1. The van der Waals surface area contributed by atoms with Gasteiger partial charge in [-0.25, -0.2) is 21.6 Å². The Balaban J connectivity index is 0.861. The fourth-order valence-corrected chi connectivity index (χ4v) is 15.5. The van der Waals surface area contributed by atoms with E-state index in [0.29, 0.717) is 81.0 Å². The molecule has 418 valence electrons. The van der Waals surface area contributed by atoms with Gasteiger partial charge in [0.05, 0.1) is 44.6 Å². The third-order valence-corrected chi connectivity index (χ3v) is 21.4. The summed E-state index contributed by atoms with van der Waals surface area (Å²) in [5.74, 6) is -0.0964.